The molecule has 0 spiro atoms. The first kappa shape index (κ1) is 11.1. The van der Waals surface area contributed by atoms with E-state index in [0.29, 0.717) is 6.61 Å². The Balaban J connectivity index is 2.58. The topological polar surface area (TPSA) is 29.5 Å². The Labute approximate surface area is 85.5 Å². The third-order valence-electron chi connectivity index (χ3n) is 2.04. The number of benzene rings is 1. The summed E-state index contributed by atoms with van der Waals surface area (Å²) in [6.07, 6.45) is 0. The summed E-state index contributed by atoms with van der Waals surface area (Å²) in [5.74, 6) is 1.08. The van der Waals surface area contributed by atoms with E-state index >= 15 is 0 Å². The average molecular weight is 194 g/mol. The summed E-state index contributed by atoms with van der Waals surface area (Å²) in [4.78, 5) is 0. The third-order valence-corrected chi connectivity index (χ3v) is 2.04. The van der Waals surface area contributed by atoms with Crippen molar-refractivity contribution in [3.05, 3.63) is 29.3 Å². The lowest BCUT2D eigenvalue weighted by molar-refractivity contribution is 0.174. The Kier molecular flexibility index (Phi) is 3.96. The maximum atomic E-state index is 8.84. The lowest BCUT2D eigenvalue weighted by Crippen LogP contribution is -2.12. The van der Waals surface area contributed by atoms with E-state index in [-0.39, 0.29) is 12.5 Å². The van der Waals surface area contributed by atoms with E-state index in [2.05, 4.69) is 19.9 Å². The molecule has 0 heterocycles. The maximum Gasteiger partial charge on any atom is 0.119 e. The van der Waals surface area contributed by atoms with Crippen molar-refractivity contribution in [2.75, 3.05) is 13.2 Å². The minimum absolute atomic E-state index is 0.171. The van der Waals surface area contributed by atoms with E-state index in [4.69, 9.17) is 9.84 Å². The van der Waals surface area contributed by atoms with Crippen LogP contribution in [0.5, 0.6) is 5.75 Å². The molecule has 0 saturated carbocycles. The molecule has 2 nitrogen and oxygen atoms in total. The summed E-state index contributed by atoms with van der Waals surface area (Å²) < 4.78 is 5.56. The van der Waals surface area contributed by atoms with Crippen LogP contribution >= 0.6 is 0 Å². The Bertz CT molecular complexity index is 274. The summed E-state index contributed by atoms with van der Waals surface area (Å²) in [6, 6.07) is 6.14. The van der Waals surface area contributed by atoms with E-state index in [0.717, 1.165) is 5.75 Å². The molecule has 78 valence electrons. The lowest BCUT2D eigenvalue weighted by Gasteiger charge is -2.11. The van der Waals surface area contributed by atoms with Crippen molar-refractivity contribution < 1.29 is 9.84 Å². The van der Waals surface area contributed by atoms with E-state index in [1.165, 1.54) is 11.1 Å². The van der Waals surface area contributed by atoms with Crippen LogP contribution in [-0.2, 0) is 0 Å². The van der Waals surface area contributed by atoms with Crippen molar-refractivity contribution in [1.82, 2.24) is 0 Å². The van der Waals surface area contributed by atoms with Crippen molar-refractivity contribution in [2.24, 2.45) is 5.92 Å². The molecule has 1 aromatic rings. The van der Waals surface area contributed by atoms with Gasteiger partial charge in [-0.15, -0.1) is 0 Å². The van der Waals surface area contributed by atoms with Crippen molar-refractivity contribution >= 4 is 0 Å². The highest BCUT2D eigenvalue weighted by Gasteiger charge is 2.01. The molecular formula is C12H18O2. The number of hydrogen-bond donors (Lipinski definition) is 1. The first-order valence-electron chi connectivity index (χ1n) is 4.93. The standard InChI is InChI=1S/C12H18O2/c1-9-4-10(2)6-12(5-9)14-8-11(3)7-13/h4-6,11,13H,7-8H2,1-3H3. The zero-order chi connectivity index (χ0) is 10.6. The summed E-state index contributed by atoms with van der Waals surface area (Å²) in [5, 5.41) is 8.84. The molecule has 0 aliphatic heterocycles. The first-order chi connectivity index (χ1) is 6.61. The second-order valence-electron chi connectivity index (χ2n) is 3.92. The average Bonchev–Trinajstić information content (AvgIpc) is 2.12. The molecule has 14 heavy (non-hydrogen) atoms. The van der Waals surface area contributed by atoms with Gasteiger partial charge in [0.05, 0.1) is 6.61 Å². The maximum absolute atomic E-state index is 8.84. The highest BCUT2D eigenvalue weighted by atomic mass is 16.5. The molecule has 0 aliphatic carbocycles. The molecule has 0 radical (unpaired) electrons. The van der Waals surface area contributed by atoms with E-state index in [1.807, 2.05) is 19.1 Å². The molecule has 0 aromatic heterocycles. The highest BCUT2D eigenvalue weighted by molar-refractivity contribution is 5.32. The van der Waals surface area contributed by atoms with E-state index in [1.54, 1.807) is 0 Å². The number of aryl methyl sites for hydroxylation is 2. The molecule has 2 heteroatoms. The molecule has 1 aromatic carbocycles. The van der Waals surface area contributed by atoms with Gasteiger partial charge >= 0.3 is 0 Å². The van der Waals surface area contributed by atoms with Crippen LogP contribution in [0.1, 0.15) is 18.1 Å². The number of aliphatic hydroxyl groups is 1. The highest BCUT2D eigenvalue weighted by Crippen LogP contribution is 2.16. The number of rotatable bonds is 4. The van der Waals surface area contributed by atoms with Crippen LogP contribution < -0.4 is 4.74 Å². The molecule has 0 fully saturated rings. The van der Waals surface area contributed by atoms with Crippen LogP contribution in [0.25, 0.3) is 0 Å². The van der Waals surface area contributed by atoms with Crippen LogP contribution in [0.3, 0.4) is 0 Å². The largest absolute Gasteiger partial charge is 0.493 e. The molecule has 0 saturated heterocycles. The molecular weight excluding hydrogens is 176 g/mol. The fourth-order valence-electron chi connectivity index (χ4n) is 1.31. The molecule has 1 atom stereocenters. The first-order valence-corrected chi connectivity index (χ1v) is 4.93. The fourth-order valence-corrected chi connectivity index (χ4v) is 1.31. The van der Waals surface area contributed by atoms with Gasteiger partial charge in [0.25, 0.3) is 0 Å². The quantitative estimate of drug-likeness (QED) is 0.797. The predicted molar refractivity (Wildman–Crippen MR) is 57.7 cm³/mol. The van der Waals surface area contributed by atoms with Gasteiger partial charge in [0, 0.05) is 12.5 Å². The Morgan fingerprint density at radius 1 is 1.21 bits per heavy atom. The van der Waals surface area contributed by atoms with Crippen molar-refractivity contribution in [2.45, 2.75) is 20.8 Å². The van der Waals surface area contributed by atoms with Crippen LogP contribution in [0.15, 0.2) is 18.2 Å². The monoisotopic (exact) mass is 194 g/mol. The second-order valence-corrected chi connectivity index (χ2v) is 3.92. The molecule has 0 aliphatic rings. The second kappa shape index (κ2) is 5.01. The van der Waals surface area contributed by atoms with Gasteiger partial charge < -0.3 is 9.84 Å². The summed E-state index contributed by atoms with van der Waals surface area (Å²) in [7, 11) is 0. The predicted octanol–water partition coefficient (Wildman–Crippen LogP) is 2.31. The van der Waals surface area contributed by atoms with Gasteiger partial charge in [0.15, 0.2) is 0 Å². The van der Waals surface area contributed by atoms with Crippen molar-refractivity contribution in [3.8, 4) is 5.75 Å². The van der Waals surface area contributed by atoms with Crippen molar-refractivity contribution in [3.63, 3.8) is 0 Å². The van der Waals surface area contributed by atoms with E-state index in [9.17, 15) is 0 Å². The zero-order valence-corrected chi connectivity index (χ0v) is 9.08. The van der Waals surface area contributed by atoms with Gasteiger partial charge in [-0.1, -0.05) is 13.0 Å². The third kappa shape index (κ3) is 3.38. The summed E-state index contributed by atoms with van der Waals surface area (Å²) >= 11 is 0. The van der Waals surface area contributed by atoms with Gasteiger partial charge in [-0.3, -0.25) is 0 Å². The van der Waals surface area contributed by atoms with Gasteiger partial charge in [-0.05, 0) is 37.1 Å². The molecule has 1 N–H and O–H groups in total. The van der Waals surface area contributed by atoms with Gasteiger partial charge in [0.1, 0.15) is 5.75 Å². The Morgan fingerprint density at radius 2 is 1.79 bits per heavy atom. The number of hydrogen-bond acceptors (Lipinski definition) is 2. The minimum Gasteiger partial charge on any atom is -0.493 e. The molecule has 0 amide bonds. The van der Waals surface area contributed by atoms with Crippen LogP contribution in [-0.4, -0.2) is 18.3 Å². The fraction of sp³-hybridized carbons (Fsp3) is 0.500. The van der Waals surface area contributed by atoms with Crippen LogP contribution in [0, 0.1) is 19.8 Å². The Morgan fingerprint density at radius 3 is 2.29 bits per heavy atom. The molecule has 1 rings (SSSR count). The number of ether oxygens (including phenoxy) is 1. The summed E-state index contributed by atoms with van der Waals surface area (Å²) in [6.45, 7) is 6.80. The zero-order valence-electron chi connectivity index (χ0n) is 9.08. The van der Waals surface area contributed by atoms with Gasteiger partial charge in [-0.2, -0.15) is 0 Å². The SMILES string of the molecule is Cc1cc(C)cc(OCC(C)CO)c1. The number of aliphatic hydroxyl groups excluding tert-OH is 1. The Hall–Kier alpha value is -1.02. The minimum atomic E-state index is 0.171. The summed E-state index contributed by atoms with van der Waals surface area (Å²) in [5.41, 5.74) is 2.41. The van der Waals surface area contributed by atoms with E-state index < -0.39 is 0 Å². The van der Waals surface area contributed by atoms with Gasteiger partial charge in [-0.25, -0.2) is 0 Å². The molecule has 1 unspecified atom stereocenters. The lowest BCUT2D eigenvalue weighted by atomic mass is 10.1. The van der Waals surface area contributed by atoms with Gasteiger partial charge in [0.2, 0.25) is 0 Å². The van der Waals surface area contributed by atoms with Crippen LogP contribution in [0.2, 0.25) is 0 Å². The van der Waals surface area contributed by atoms with Crippen LogP contribution in [0.4, 0.5) is 0 Å². The smallest absolute Gasteiger partial charge is 0.119 e. The molecule has 0 bridgehead atoms. The van der Waals surface area contributed by atoms with Crippen molar-refractivity contribution in [1.29, 1.82) is 0 Å². The normalized spacial score (nSPS) is 12.6.